The molecule has 0 aromatic heterocycles. The number of hydrogen-bond donors (Lipinski definition) is 1. The summed E-state index contributed by atoms with van der Waals surface area (Å²) in [7, 11) is 3.56. The quantitative estimate of drug-likeness (QED) is 0.691. The molecule has 0 atom stereocenters. The lowest BCUT2D eigenvalue weighted by Crippen LogP contribution is -2.33. The van der Waals surface area contributed by atoms with Gasteiger partial charge in [-0.25, -0.2) is 0 Å². The molecule has 2 N–H and O–H groups in total. The predicted octanol–water partition coefficient (Wildman–Crippen LogP) is 3.59. The molecule has 2 aromatic carbocycles. The summed E-state index contributed by atoms with van der Waals surface area (Å²) < 4.78 is 0. The van der Waals surface area contributed by atoms with Gasteiger partial charge in [0, 0.05) is 26.2 Å². The normalized spacial score (nSPS) is 11.3. The number of hydrogen-bond acceptors (Lipinski definition) is 1. The first-order chi connectivity index (χ1) is 10.5. The molecule has 0 unspecified atom stereocenters. The molecule has 0 radical (unpaired) electrons. The lowest BCUT2D eigenvalue weighted by molar-refractivity contribution is 0.600. The molecule has 0 saturated heterocycles. The van der Waals surface area contributed by atoms with Crippen LogP contribution in [0.15, 0.2) is 65.8 Å². The maximum Gasteiger partial charge on any atom is 0.195 e. The number of allylic oxidation sites excluding steroid dienone is 1. The lowest BCUT2D eigenvalue weighted by atomic mass is 10.00. The van der Waals surface area contributed by atoms with Gasteiger partial charge >= 0.3 is 0 Å². The number of guanidine groups is 1. The zero-order chi connectivity index (χ0) is 16.1. The molecule has 0 aliphatic carbocycles. The van der Waals surface area contributed by atoms with Crippen molar-refractivity contribution in [2.24, 2.45) is 10.7 Å². The Balaban J connectivity index is 2.21. The number of aryl methyl sites for hydroxylation is 1. The van der Waals surface area contributed by atoms with Gasteiger partial charge in [0.05, 0.1) is 0 Å². The number of rotatable bonds is 4. The van der Waals surface area contributed by atoms with E-state index in [2.05, 4.69) is 67.0 Å². The van der Waals surface area contributed by atoms with Gasteiger partial charge in [-0.05, 0) is 23.6 Å². The maximum atomic E-state index is 5.82. The third-order valence-electron chi connectivity index (χ3n) is 3.73. The minimum atomic E-state index is 0.472. The summed E-state index contributed by atoms with van der Waals surface area (Å²) in [5.74, 6) is 0.472. The van der Waals surface area contributed by atoms with Crippen molar-refractivity contribution >= 4 is 5.96 Å². The second-order valence-corrected chi connectivity index (χ2v) is 5.45. The monoisotopic (exact) mass is 293 g/mol. The molecule has 114 valence electrons. The van der Waals surface area contributed by atoms with Crippen molar-refractivity contribution in [3.05, 3.63) is 71.9 Å². The fourth-order valence-corrected chi connectivity index (χ4v) is 2.35. The van der Waals surface area contributed by atoms with Gasteiger partial charge in [-0.3, -0.25) is 4.99 Å². The molecule has 22 heavy (non-hydrogen) atoms. The predicted molar refractivity (Wildman–Crippen MR) is 94.8 cm³/mol. The van der Waals surface area contributed by atoms with Crippen LogP contribution in [0.5, 0.6) is 0 Å². The Morgan fingerprint density at radius 3 is 2.41 bits per heavy atom. The number of nitrogens with two attached hydrogens (primary N) is 1. The van der Waals surface area contributed by atoms with E-state index < -0.39 is 0 Å². The number of aliphatic imine (C=N–C) groups is 1. The average Bonchev–Trinajstić information content (AvgIpc) is 2.53. The Hall–Kier alpha value is -2.55. The molecule has 0 aliphatic rings. The molecule has 0 fully saturated rings. The van der Waals surface area contributed by atoms with E-state index in [9.17, 15) is 0 Å². The number of nitrogens with zero attached hydrogens (tertiary/aromatic N) is 2. The van der Waals surface area contributed by atoms with Gasteiger partial charge < -0.3 is 10.6 Å². The van der Waals surface area contributed by atoms with E-state index in [-0.39, 0.29) is 0 Å². The van der Waals surface area contributed by atoms with Crippen LogP contribution in [0.25, 0.3) is 11.1 Å². The summed E-state index contributed by atoms with van der Waals surface area (Å²) >= 11 is 0. The van der Waals surface area contributed by atoms with Gasteiger partial charge in [0.15, 0.2) is 5.96 Å². The summed E-state index contributed by atoms with van der Waals surface area (Å²) in [4.78, 5) is 5.80. The lowest BCUT2D eigenvalue weighted by Gasteiger charge is -2.20. The molecule has 0 spiro atoms. The van der Waals surface area contributed by atoms with E-state index in [0.29, 0.717) is 5.96 Å². The highest BCUT2D eigenvalue weighted by Gasteiger charge is 2.07. The fourth-order valence-electron chi connectivity index (χ4n) is 2.35. The molecule has 3 nitrogen and oxygen atoms in total. The van der Waals surface area contributed by atoms with Gasteiger partial charge in [-0.2, -0.15) is 0 Å². The SMILES string of the molecule is C=C(Cc1cccc(-c2cccc(C)c2)c1)N(C)C(N)=NC. The largest absolute Gasteiger partial charge is 0.370 e. The first-order valence-corrected chi connectivity index (χ1v) is 7.31. The van der Waals surface area contributed by atoms with Crippen LogP contribution in [-0.4, -0.2) is 25.0 Å². The van der Waals surface area contributed by atoms with Gasteiger partial charge in [-0.1, -0.05) is 60.7 Å². The molecule has 2 rings (SSSR count). The topological polar surface area (TPSA) is 41.6 Å². The molecule has 0 saturated carbocycles. The van der Waals surface area contributed by atoms with Crippen molar-refractivity contribution < 1.29 is 0 Å². The van der Waals surface area contributed by atoms with Crippen molar-refractivity contribution in [2.75, 3.05) is 14.1 Å². The molecular formula is C19H23N3. The second-order valence-electron chi connectivity index (χ2n) is 5.45. The Morgan fingerprint density at radius 1 is 1.14 bits per heavy atom. The van der Waals surface area contributed by atoms with Crippen molar-refractivity contribution in [2.45, 2.75) is 13.3 Å². The smallest absolute Gasteiger partial charge is 0.195 e. The summed E-state index contributed by atoms with van der Waals surface area (Å²) in [6, 6.07) is 17.0. The van der Waals surface area contributed by atoms with Crippen LogP contribution in [0.1, 0.15) is 11.1 Å². The van der Waals surface area contributed by atoms with E-state index in [1.807, 2.05) is 11.9 Å². The van der Waals surface area contributed by atoms with Crippen LogP contribution in [0.4, 0.5) is 0 Å². The first kappa shape index (κ1) is 15.8. The average molecular weight is 293 g/mol. The van der Waals surface area contributed by atoms with Crippen LogP contribution in [-0.2, 0) is 6.42 Å². The number of benzene rings is 2. The highest BCUT2D eigenvalue weighted by Crippen LogP contribution is 2.22. The Bertz CT molecular complexity index is 701. The zero-order valence-electron chi connectivity index (χ0n) is 13.5. The standard InChI is InChI=1S/C19H23N3/c1-14-7-5-9-17(11-14)18-10-6-8-16(13-18)12-15(2)22(4)19(20)21-3/h5-11,13H,2,12H2,1,3-4H3,(H2,20,21). The Kier molecular flexibility index (Phi) is 4.99. The Labute approximate surface area is 132 Å². The minimum absolute atomic E-state index is 0.472. The molecule has 2 aromatic rings. The van der Waals surface area contributed by atoms with Gasteiger partial charge in [0.25, 0.3) is 0 Å². The fraction of sp³-hybridized carbons (Fsp3) is 0.211. The van der Waals surface area contributed by atoms with E-state index >= 15 is 0 Å². The zero-order valence-corrected chi connectivity index (χ0v) is 13.5. The highest BCUT2D eigenvalue weighted by molar-refractivity contribution is 5.79. The molecule has 0 amide bonds. The van der Waals surface area contributed by atoms with Crippen LogP contribution in [0, 0.1) is 6.92 Å². The first-order valence-electron chi connectivity index (χ1n) is 7.31. The van der Waals surface area contributed by atoms with Crippen molar-refractivity contribution in [3.63, 3.8) is 0 Å². The van der Waals surface area contributed by atoms with Crippen LogP contribution < -0.4 is 5.73 Å². The van der Waals surface area contributed by atoms with Crippen LogP contribution in [0.3, 0.4) is 0 Å². The summed E-state index contributed by atoms with van der Waals surface area (Å²) in [5, 5.41) is 0. The molecule has 0 aliphatic heterocycles. The summed E-state index contributed by atoms with van der Waals surface area (Å²) in [5.41, 5.74) is 11.7. The van der Waals surface area contributed by atoms with Crippen molar-refractivity contribution in [1.29, 1.82) is 0 Å². The molecule has 0 bridgehead atoms. The van der Waals surface area contributed by atoms with Gasteiger partial charge in [-0.15, -0.1) is 0 Å². The summed E-state index contributed by atoms with van der Waals surface area (Å²) in [6.45, 7) is 6.21. The third kappa shape index (κ3) is 3.76. The van der Waals surface area contributed by atoms with Gasteiger partial charge in [0.2, 0.25) is 0 Å². The van der Waals surface area contributed by atoms with E-state index in [1.54, 1.807) is 7.05 Å². The molecular weight excluding hydrogens is 270 g/mol. The van der Waals surface area contributed by atoms with Gasteiger partial charge in [0.1, 0.15) is 0 Å². The van der Waals surface area contributed by atoms with Crippen molar-refractivity contribution in [3.8, 4) is 11.1 Å². The van der Waals surface area contributed by atoms with Crippen LogP contribution in [0.2, 0.25) is 0 Å². The minimum Gasteiger partial charge on any atom is -0.370 e. The summed E-state index contributed by atoms with van der Waals surface area (Å²) in [6.07, 6.45) is 0.742. The van der Waals surface area contributed by atoms with Crippen LogP contribution >= 0.6 is 0 Å². The third-order valence-corrected chi connectivity index (χ3v) is 3.73. The number of likely N-dealkylation sites (N-methyl/N-ethyl adjacent to an activating group) is 1. The molecule has 3 heteroatoms. The maximum absolute atomic E-state index is 5.82. The van der Waals surface area contributed by atoms with E-state index in [1.165, 1.54) is 22.3 Å². The molecule has 0 heterocycles. The van der Waals surface area contributed by atoms with Crippen molar-refractivity contribution in [1.82, 2.24) is 4.90 Å². The Morgan fingerprint density at radius 2 is 1.77 bits per heavy atom. The second kappa shape index (κ2) is 6.94. The van der Waals surface area contributed by atoms with E-state index in [0.717, 1.165) is 12.1 Å². The van der Waals surface area contributed by atoms with E-state index in [4.69, 9.17) is 5.73 Å². The highest BCUT2D eigenvalue weighted by atomic mass is 15.2.